The molecule has 1 aromatic heterocycles. The zero-order valence-electron chi connectivity index (χ0n) is 11.3. The fourth-order valence-electron chi connectivity index (χ4n) is 3.32. The predicted molar refractivity (Wildman–Crippen MR) is 79.6 cm³/mol. The smallest absolute Gasteiger partial charge is 0.0285 e. The number of thiophene rings is 1. The fraction of sp³-hybridized carbons (Fsp3) is 0.714. The second kappa shape index (κ2) is 4.36. The van der Waals surface area contributed by atoms with Gasteiger partial charge in [-0.2, -0.15) is 0 Å². The van der Waals surface area contributed by atoms with Crippen molar-refractivity contribution in [1.82, 2.24) is 5.32 Å². The van der Waals surface area contributed by atoms with Gasteiger partial charge in [0, 0.05) is 20.8 Å². The molecule has 1 saturated carbocycles. The maximum atomic E-state index is 3.53. The van der Waals surface area contributed by atoms with E-state index < -0.39 is 0 Å². The minimum Gasteiger partial charge on any atom is -0.316 e. The lowest BCUT2D eigenvalue weighted by molar-refractivity contribution is 0.423. The van der Waals surface area contributed by atoms with Crippen molar-refractivity contribution in [3.8, 4) is 0 Å². The first kappa shape index (κ1) is 13.6. The Hall–Kier alpha value is 0.140. The van der Waals surface area contributed by atoms with Crippen molar-refractivity contribution in [3.63, 3.8) is 0 Å². The normalized spacial score (nSPS) is 23.6. The van der Waals surface area contributed by atoms with E-state index in [0.717, 1.165) is 12.3 Å². The Kier molecular flexibility index (Phi) is 3.48. The van der Waals surface area contributed by atoms with Crippen LogP contribution in [0.2, 0.25) is 0 Å². The molecule has 17 heavy (non-hydrogen) atoms. The minimum absolute atomic E-state index is 0.454. The molecular weight excluding hydrogens is 294 g/mol. The van der Waals surface area contributed by atoms with E-state index >= 15 is 0 Å². The Morgan fingerprint density at radius 3 is 2.29 bits per heavy atom. The lowest BCUT2D eigenvalue weighted by Gasteiger charge is -2.17. The first-order valence-corrected chi connectivity index (χ1v) is 7.88. The summed E-state index contributed by atoms with van der Waals surface area (Å²) < 4.78 is 1.21. The van der Waals surface area contributed by atoms with Gasteiger partial charge in [0.15, 0.2) is 0 Å². The largest absolute Gasteiger partial charge is 0.316 e. The predicted octanol–water partition coefficient (Wildman–Crippen LogP) is 4.32. The van der Waals surface area contributed by atoms with Crippen LogP contribution in [0.4, 0.5) is 0 Å². The fourth-order valence-corrected chi connectivity index (χ4v) is 4.83. The summed E-state index contributed by atoms with van der Waals surface area (Å²) in [5.74, 6) is 0.765. The topological polar surface area (TPSA) is 12.0 Å². The Morgan fingerprint density at radius 2 is 1.94 bits per heavy atom. The Morgan fingerprint density at radius 1 is 1.35 bits per heavy atom. The Labute approximate surface area is 117 Å². The van der Waals surface area contributed by atoms with Gasteiger partial charge in [-0.25, -0.2) is 0 Å². The van der Waals surface area contributed by atoms with Gasteiger partial charge in [-0.3, -0.25) is 0 Å². The lowest BCUT2D eigenvalue weighted by atomic mass is 10.0. The highest BCUT2D eigenvalue weighted by molar-refractivity contribution is 9.10. The van der Waals surface area contributed by atoms with E-state index in [1.54, 1.807) is 0 Å². The molecule has 2 rings (SSSR count). The molecule has 0 spiro atoms. The zero-order chi connectivity index (χ0) is 12.8. The summed E-state index contributed by atoms with van der Waals surface area (Å²) in [7, 11) is 2.10. The van der Waals surface area contributed by atoms with Gasteiger partial charge >= 0.3 is 0 Å². The van der Waals surface area contributed by atoms with Crippen LogP contribution in [0, 0.1) is 16.7 Å². The highest BCUT2D eigenvalue weighted by Gasteiger charge is 2.66. The quantitative estimate of drug-likeness (QED) is 0.872. The molecule has 1 aliphatic rings. The van der Waals surface area contributed by atoms with E-state index in [9.17, 15) is 0 Å². The number of rotatable bonds is 4. The monoisotopic (exact) mass is 315 g/mol. The van der Waals surface area contributed by atoms with Crippen molar-refractivity contribution in [2.45, 2.75) is 40.2 Å². The van der Waals surface area contributed by atoms with Gasteiger partial charge in [-0.1, -0.05) is 27.7 Å². The average molecular weight is 316 g/mol. The third-order valence-corrected chi connectivity index (χ3v) is 6.67. The molecule has 0 saturated heterocycles. The molecule has 1 heterocycles. The average Bonchev–Trinajstić information content (AvgIpc) is 2.55. The van der Waals surface area contributed by atoms with Gasteiger partial charge < -0.3 is 5.32 Å². The molecule has 1 unspecified atom stereocenters. The van der Waals surface area contributed by atoms with Crippen LogP contribution in [0.15, 0.2) is 15.9 Å². The number of hydrogen-bond acceptors (Lipinski definition) is 2. The van der Waals surface area contributed by atoms with Crippen molar-refractivity contribution in [2.24, 2.45) is 16.7 Å². The minimum atomic E-state index is 0.454. The summed E-state index contributed by atoms with van der Waals surface area (Å²) in [4.78, 5) is 1.47. The summed E-state index contributed by atoms with van der Waals surface area (Å²) in [5.41, 5.74) is 0.907. The first-order chi connectivity index (χ1) is 7.80. The number of hydrogen-bond donors (Lipinski definition) is 1. The molecule has 1 N–H and O–H groups in total. The van der Waals surface area contributed by atoms with E-state index in [1.165, 1.54) is 9.35 Å². The van der Waals surface area contributed by atoms with E-state index in [-0.39, 0.29) is 0 Å². The van der Waals surface area contributed by atoms with Gasteiger partial charge in [0.05, 0.1) is 0 Å². The number of likely N-dealkylation sites (N-methyl/N-ethyl adjacent to an activating group) is 1. The Balaban J connectivity index is 2.09. The summed E-state index contributed by atoms with van der Waals surface area (Å²) in [6, 6.07) is 2.84. The molecule has 1 fully saturated rings. The summed E-state index contributed by atoms with van der Waals surface area (Å²) >= 11 is 5.38. The second-order valence-electron chi connectivity index (χ2n) is 6.25. The zero-order valence-corrected chi connectivity index (χ0v) is 13.7. The van der Waals surface area contributed by atoms with E-state index in [0.29, 0.717) is 16.9 Å². The van der Waals surface area contributed by atoms with Gasteiger partial charge in [0.1, 0.15) is 0 Å². The molecule has 1 atom stereocenters. The van der Waals surface area contributed by atoms with Crippen molar-refractivity contribution in [3.05, 3.63) is 20.8 Å². The summed E-state index contributed by atoms with van der Waals surface area (Å²) in [6.07, 6.45) is 1.14. The third kappa shape index (κ3) is 2.22. The van der Waals surface area contributed by atoms with Gasteiger partial charge in [0.2, 0.25) is 0 Å². The summed E-state index contributed by atoms with van der Waals surface area (Å²) in [5, 5.41) is 5.70. The van der Waals surface area contributed by atoms with Crippen LogP contribution in [-0.2, 0) is 6.42 Å². The maximum absolute atomic E-state index is 3.53. The van der Waals surface area contributed by atoms with E-state index in [1.807, 2.05) is 11.3 Å². The highest BCUT2D eigenvalue weighted by Crippen LogP contribution is 2.69. The van der Waals surface area contributed by atoms with Crippen LogP contribution < -0.4 is 5.32 Å². The van der Waals surface area contributed by atoms with E-state index in [4.69, 9.17) is 0 Å². The standard InChI is InChI=1S/C14H22BrNS/c1-13(2)12(14(13,3)4)11(16-5)7-10-6-9(15)8-17-10/h6,8,11-12,16H,7H2,1-5H3. The molecule has 1 nitrogen and oxygen atoms in total. The third-order valence-electron chi connectivity index (χ3n) is 4.95. The highest BCUT2D eigenvalue weighted by atomic mass is 79.9. The number of nitrogens with one attached hydrogen (secondary N) is 1. The van der Waals surface area contributed by atoms with Crippen molar-refractivity contribution >= 4 is 27.3 Å². The lowest BCUT2D eigenvalue weighted by Crippen LogP contribution is -2.32. The molecule has 0 radical (unpaired) electrons. The molecule has 0 aromatic carbocycles. The first-order valence-electron chi connectivity index (χ1n) is 6.21. The maximum Gasteiger partial charge on any atom is 0.0285 e. The van der Waals surface area contributed by atoms with E-state index in [2.05, 4.69) is 67.4 Å². The van der Waals surface area contributed by atoms with Crippen LogP contribution in [0.25, 0.3) is 0 Å². The molecular formula is C14H22BrNS. The Bertz CT molecular complexity index is 394. The number of halogens is 1. The van der Waals surface area contributed by atoms with Gasteiger partial charge in [0.25, 0.3) is 0 Å². The van der Waals surface area contributed by atoms with Crippen LogP contribution in [0.5, 0.6) is 0 Å². The molecule has 1 aromatic rings. The van der Waals surface area contributed by atoms with Crippen molar-refractivity contribution in [2.75, 3.05) is 7.05 Å². The molecule has 0 aliphatic heterocycles. The van der Waals surface area contributed by atoms with Crippen LogP contribution in [-0.4, -0.2) is 13.1 Å². The van der Waals surface area contributed by atoms with Gasteiger partial charge in [-0.15, -0.1) is 11.3 Å². The molecule has 96 valence electrons. The van der Waals surface area contributed by atoms with Crippen LogP contribution in [0.3, 0.4) is 0 Å². The summed E-state index contributed by atoms with van der Waals surface area (Å²) in [6.45, 7) is 9.58. The molecule has 0 bridgehead atoms. The van der Waals surface area contributed by atoms with Crippen LogP contribution >= 0.6 is 27.3 Å². The molecule has 3 heteroatoms. The molecule has 1 aliphatic carbocycles. The van der Waals surface area contributed by atoms with Gasteiger partial charge in [-0.05, 0) is 52.2 Å². The second-order valence-corrected chi connectivity index (χ2v) is 8.16. The SMILES string of the molecule is CNC(Cc1cc(Br)cs1)C1C(C)(C)C1(C)C. The molecule has 0 amide bonds. The van der Waals surface area contributed by atoms with Crippen LogP contribution in [0.1, 0.15) is 32.6 Å². The van der Waals surface area contributed by atoms with Crippen molar-refractivity contribution < 1.29 is 0 Å². The van der Waals surface area contributed by atoms with Crippen molar-refractivity contribution in [1.29, 1.82) is 0 Å².